The molecule has 1 aromatic heterocycles. The van der Waals surface area contributed by atoms with Crippen molar-refractivity contribution in [1.82, 2.24) is 10.3 Å². The van der Waals surface area contributed by atoms with Gasteiger partial charge in [-0.05, 0) is 12.5 Å². The molecule has 7 heteroatoms. The Kier molecular flexibility index (Phi) is 6.25. The monoisotopic (exact) mass is 334 g/mol. The van der Waals surface area contributed by atoms with E-state index in [1.165, 1.54) is 16.7 Å². The molecule has 0 bridgehead atoms. The van der Waals surface area contributed by atoms with E-state index in [4.69, 9.17) is 9.84 Å². The molecule has 1 unspecified atom stereocenters. The first-order valence-electron chi connectivity index (χ1n) is 7.23. The molecule has 2 rings (SSSR count). The van der Waals surface area contributed by atoms with Gasteiger partial charge in [-0.3, -0.25) is 4.79 Å². The number of aromatic carboxylic acids is 1. The summed E-state index contributed by atoms with van der Waals surface area (Å²) in [4.78, 5) is 27.0. The highest BCUT2D eigenvalue weighted by atomic mass is 32.1. The minimum absolute atomic E-state index is 0.0350. The molecule has 0 saturated carbocycles. The Morgan fingerprint density at radius 1 is 1.35 bits per heavy atom. The van der Waals surface area contributed by atoms with Crippen molar-refractivity contribution in [3.05, 3.63) is 52.0 Å². The van der Waals surface area contributed by atoms with Crippen LogP contribution in [-0.4, -0.2) is 35.1 Å². The first-order valence-corrected chi connectivity index (χ1v) is 8.11. The van der Waals surface area contributed by atoms with Gasteiger partial charge in [0.05, 0.1) is 5.01 Å². The van der Waals surface area contributed by atoms with Gasteiger partial charge in [0, 0.05) is 25.0 Å². The fourth-order valence-corrected chi connectivity index (χ4v) is 2.80. The average Bonchev–Trinajstić information content (AvgIpc) is 3.02. The van der Waals surface area contributed by atoms with E-state index < -0.39 is 12.1 Å². The van der Waals surface area contributed by atoms with Crippen LogP contribution >= 0.6 is 11.3 Å². The quantitative estimate of drug-likeness (QED) is 0.773. The molecule has 2 N–H and O–H groups in total. The van der Waals surface area contributed by atoms with E-state index in [0.29, 0.717) is 24.6 Å². The van der Waals surface area contributed by atoms with Crippen molar-refractivity contribution >= 4 is 23.2 Å². The van der Waals surface area contributed by atoms with E-state index in [0.717, 1.165) is 5.56 Å². The van der Waals surface area contributed by atoms with E-state index >= 15 is 0 Å². The second-order valence-corrected chi connectivity index (χ2v) is 5.66. The fraction of sp³-hybridized carbons (Fsp3) is 0.312. The largest absolute Gasteiger partial charge is 0.476 e. The Hall–Kier alpha value is -2.25. The van der Waals surface area contributed by atoms with Gasteiger partial charge >= 0.3 is 5.97 Å². The number of nitrogens with zero attached hydrogens (tertiary/aromatic N) is 1. The molecule has 2 aromatic rings. The van der Waals surface area contributed by atoms with Crippen LogP contribution in [0.3, 0.4) is 0 Å². The number of amides is 1. The number of carboxylic acid groups (broad SMARTS) is 1. The minimum Gasteiger partial charge on any atom is -0.476 e. The van der Waals surface area contributed by atoms with Crippen molar-refractivity contribution in [2.45, 2.75) is 19.4 Å². The molecular formula is C16H18N2O4S. The summed E-state index contributed by atoms with van der Waals surface area (Å²) in [6, 6.07) is 9.29. The zero-order chi connectivity index (χ0) is 16.7. The molecule has 0 aliphatic rings. The standard InChI is InChI=1S/C16H18N2O4S/c1-2-22-14(11-6-4-3-5-7-11)15(19)17-9-8-13-18-12(10-23-13)16(20)21/h3-7,10,14H,2,8-9H2,1H3,(H,17,19)(H,20,21). The van der Waals surface area contributed by atoms with Crippen LogP contribution in [0.4, 0.5) is 0 Å². The smallest absolute Gasteiger partial charge is 0.355 e. The number of carboxylic acids is 1. The molecule has 1 heterocycles. The number of thiazole rings is 1. The minimum atomic E-state index is -1.04. The molecule has 122 valence electrons. The van der Waals surface area contributed by atoms with Crippen LogP contribution < -0.4 is 5.32 Å². The summed E-state index contributed by atoms with van der Waals surface area (Å²) in [6.07, 6.45) is -0.163. The third-order valence-corrected chi connectivity index (χ3v) is 3.99. The van der Waals surface area contributed by atoms with Crippen molar-refractivity contribution in [3.8, 4) is 0 Å². The zero-order valence-corrected chi connectivity index (χ0v) is 13.5. The van der Waals surface area contributed by atoms with Crippen LogP contribution in [0.2, 0.25) is 0 Å². The SMILES string of the molecule is CCOC(C(=O)NCCc1nc(C(=O)O)cs1)c1ccccc1. The molecule has 0 saturated heterocycles. The maximum absolute atomic E-state index is 12.3. The maximum Gasteiger partial charge on any atom is 0.355 e. The number of carbonyl (C=O) groups excluding carboxylic acids is 1. The van der Waals surface area contributed by atoms with E-state index in [-0.39, 0.29) is 11.6 Å². The Labute approximate surface area is 138 Å². The number of carbonyl (C=O) groups is 2. The van der Waals surface area contributed by atoms with Gasteiger partial charge < -0.3 is 15.2 Å². The Morgan fingerprint density at radius 3 is 2.70 bits per heavy atom. The highest BCUT2D eigenvalue weighted by molar-refractivity contribution is 7.09. The van der Waals surface area contributed by atoms with Crippen LogP contribution in [0, 0.1) is 0 Å². The average molecular weight is 334 g/mol. The van der Waals surface area contributed by atoms with E-state index in [2.05, 4.69) is 10.3 Å². The Morgan fingerprint density at radius 2 is 2.09 bits per heavy atom. The van der Waals surface area contributed by atoms with Crippen molar-refractivity contribution in [2.24, 2.45) is 0 Å². The molecule has 6 nitrogen and oxygen atoms in total. The van der Waals surface area contributed by atoms with Crippen LogP contribution in [0.25, 0.3) is 0 Å². The van der Waals surface area contributed by atoms with Gasteiger partial charge in [0.2, 0.25) is 0 Å². The predicted molar refractivity (Wildman–Crippen MR) is 86.6 cm³/mol. The second kappa shape index (κ2) is 8.40. The molecule has 0 radical (unpaired) electrons. The Balaban J connectivity index is 1.90. The highest BCUT2D eigenvalue weighted by Gasteiger charge is 2.20. The van der Waals surface area contributed by atoms with E-state index in [1.54, 1.807) is 0 Å². The lowest BCUT2D eigenvalue weighted by Crippen LogP contribution is -2.32. The van der Waals surface area contributed by atoms with Gasteiger partial charge in [-0.2, -0.15) is 0 Å². The van der Waals surface area contributed by atoms with E-state index in [1.807, 2.05) is 37.3 Å². The number of ether oxygens (including phenoxy) is 1. The van der Waals surface area contributed by atoms with Crippen molar-refractivity contribution in [3.63, 3.8) is 0 Å². The molecule has 1 amide bonds. The van der Waals surface area contributed by atoms with Crippen molar-refractivity contribution < 1.29 is 19.4 Å². The fourth-order valence-electron chi connectivity index (χ4n) is 2.03. The molecule has 0 spiro atoms. The van der Waals surface area contributed by atoms with Gasteiger partial charge in [-0.1, -0.05) is 30.3 Å². The predicted octanol–water partition coefficient (Wildman–Crippen LogP) is 2.28. The number of aromatic nitrogens is 1. The summed E-state index contributed by atoms with van der Waals surface area (Å²) >= 11 is 1.27. The van der Waals surface area contributed by atoms with Crippen LogP contribution in [0.5, 0.6) is 0 Å². The van der Waals surface area contributed by atoms with Gasteiger partial charge in [0.15, 0.2) is 11.8 Å². The lowest BCUT2D eigenvalue weighted by molar-refractivity contribution is -0.132. The summed E-state index contributed by atoms with van der Waals surface area (Å²) in [6.45, 7) is 2.65. The highest BCUT2D eigenvalue weighted by Crippen LogP contribution is 2.17. The normalized spacial score (nSPS) is 11.9. The van der Waals surface area contributed by atoms with Crippen molar-refractivity contribution in [2.75, 3.05) is 13.2 Å². The maximum atomic E-state index is 12.3. The summed E-state index contributed by atoms with van der Waals surface area (Å²) in [5.74, 6) is -1.26. The van der Waals surface area contributed by atoms with Gasteiger partial charge in [0.25, 0.3) is 5.91 Å². The number of nitrogens with one attached hydrogen (secondary N) is 1. The third-order valence-electron chi connectivity index (χ3n) is 3.08. The zero-order valence-electron chi connectivity index (χ0n) is 12.7. The van der Waals surface area contributed by atoms with Gasteiger partial charge in [-0.25, -0.2) is 9.78 Å². The second-order valence-electron chi connectivity index (χ2n) is 4.72. The number of hydrogen-bond donors (Lipinski definition) is 2. The molecule has 1 aromatic carbocycles. The van der Waals surface area contributed by atoms with Gasteiger partial charge in [0.1, 0.15) is 0 Å². The van der Waals surface area contributed by atoms with E-state index in [9.17, 15) is 9.59 Å². The summed E-state index contributed by atoms with van der Waals surface area (Å²) in [5, 5.41) is 13.8. The molecule has 1 atom stereocenters. The summed E-state index contributed by atoms with van der Waals surface area (Å²) < 4.78 is 5.53. The van der Waals surface area contributed by atoms with Gasteiger partial charge in [-0.15, -0.1) is 11.3 Å². The molecular weight excluding hydrogens is 316 g/mol. The van der Waals surface area contributed by atoms with Crippen molar-refractivity contribution in [1.29, 1.82) is 0 Å². The van der Waals surface area contributed by atoms with Crippen LogP contribution in [0.1, 0.15) is 34.1 Å². The Bertz CT molecular complexity index is 657. The first-order chi connectivity index (χ1) is 11.1. The number of rotatable bonds is 8. The molecule has 0 aliphatic carbocycles. The lowest BCUT2D eigenvalue weighted by Gasteiger charge is -2.17. The van der Waals surface area contributed by atoms with Crippen LogP contribution in [0.15, 0.2) is 35.7 Å². The summed E-state index contributed by atoms with van der Waals surface area (Å²) in [7, 11) is 0. The number of hydrogen-bond acceptors (Lipinski definition) is 5. The summed E-state index contributed by atoms with van der Waals surface area (Å²) in [5.41, 5.74) is 0.835. The molecule has 0 aliphatic heterocycles. The lowest BCUT2D eigenvalue weighted by atomic mass is 10.1. The topological polar surface area (TPSA) is 88.5 Å². The molecule has 23 heavy (non-hydrogen) atoms. The third kappa shape index (κ3) is 4.87. The van der Waals surface area contributed by atoms with Crippen LogP contribution in [-0.2, 0) is 16.0 Å². The molecule has 0 fully saturated rings. The first kappa shape index (κ1) is 17.1. The number of benzene rings is 1.